The Balaban J connectivity index is 1.82. The quantitative estimate of drug-likeness (QED) is 0.821. The van der Waals surface area contributed by atoms with Crippen molar-refractivity contribution in [2.45, 2.75) is 38.4 Å². The highest BCUT2D eigenvalue weighted by Crippen LogP contribution is 2.49. The van der Waals surface area contributed by atoms with Crippen molar-refractivity contribution in [2.75, 3.05) is 28.4 Å². The molecule has 0 bridgehead atoms. The number of nitrogens with zero attached hydrogens (tertiary/aromatic N) is 1. The molecule has 4 rings (SSSR count). The third kappa shape index (κ3) is 2.81. The maximum atomic E-state index is 5.74. The normalized spacial score (nSPS) is 20.9. The zero-order chi connectivity index (χ0) is 19.1. The molecule has 27 heavy (non-hydrogen) atoms. The first kappa shape index (κ1) is 18.0. The molecule has 0 spiro atoms. The summed E-state index contributed by atoms with van der Waals surface area (Å²) in [6, 6.07) is 9.38. The number of ether oxygens (including phenoxy) is 4. The Morgan fingerprint density at radius 1 is 0.852 bits per heavy atom. The van der Waals surface area contributed by atoms with Crippen molar-refractivity contribution < 1.29 is 18.9 Å². The minimum atomic E-state index is 0.352. The van der Waals surface area contributed by atoms with Crippen LogP contribution < -0.4 is 18.9 Å². The number of rotatable bonds is 4. The van der Waals surface area contributed by atoms with E-state index < -0.39 is 0 Å². The van der Waals surface area contributed by atoms with Crippen molar-refractivity contribution in [3.05, 3.63) is 46.5 Å². The molecule has 2 aliphatic heterocycles. The molecule has 0 amide bonds. The lowest BCUT2D eigenvalue weighted by Gasteiger charge is -2.45. The molecule has 0 N–H and O–H groups in total. The van der Waals surface area contributed by atoms with Crippen LogP contribution >= 0.6 is 0 Å². The average Bonchev–Trinajstić information content (AvgIpc) is 2.70. The zero-order valence-electron chi connectivity index (χ0n) is 16.7. The summed E-state index contributed by atoms with van der Waals surface area (Å²) in [5, 5.41) is 0. The van der Waals surface area contributed by atoms with Gasteiger partial charge in [-0.3, -0.25) is 4.90 Å². The van der Waals surface area contributed by atoms with Gasteiger partial charge in [0.1, 0.15) is 5.75 Å². The maximum absolute atomic E-state index is 5.74. The van der Waals surface area contributed by atoms with Gasteiger partial charge in [-0.25, -0.2) is 0 Å². The zero-order valence-corrected chi connectivity index (χ0v) is 16.7. The molecule has 5 nitrogen and oxygen atoms in total. The number of methoxy groups -OCH3 is 4. The molecule has 0 radical (unpaired) electrons. The van der Waals surface area contributed by atoms with Gasteiger partial charge in [0.05, 0.1) is 28.4 Å². The maximum Gasteiger partial charge on any atom is 0.203 e. The largest absolute Gasteiger partial charge is 0.497 e. The second-order valence-electron chi connectivity index (χ2n) is 7.29. The molecular weight excluding hydrogens is 342 g/mol. The molecule has 1 unspecified atom stereocenters. The van der Waals surface area contributed by atoms with E-state index in [-0.39, 0.29) is 0 Å². The van der Waals surface area contributed by atoms with Crippen molar-refractivity contribution in [3.63, 3.8) is 0 Å². The number of benzene rings is 2. The van der Waals surface area contributed by atoms with Crippen LogP contribution in [-0.4, -0.2) is 39.4 Å². The van der Waals surface area contributed by atoms with Gasteiger partial charge in [-0.1, -0.05) is 6.07 Å². The topological polar surface area (TPSA) is 40.2 Å². The lowest BCUT2D eigenvalue weighted by Crippen LogP contribution is -2.45. The Bertz CT molecular complexity index is 864. The average molecular weight is 369 g/mol. The van der Waals surface area contributed by atoms with Crippen LogP contribution in [0.4, 0.5) is 0 Å². The summed E-state index contributed by atoms with van der Waals surface area (Å²) in [6.45, 7) is 3.14. The van der Waals surface area contributed by atoms with E-state index >= 15 is 0 Å². The Hall–Kier alpha value is -2.40. The van der Waals surface area contributed by atoms with Gasteiger partial charge in [0.25, 0.3) is 0 Å². The van der Waals surface area contributed by atoms with E-state index in [1.807, 2.05) is 0 Å². The molecule has 0 aromatic heterocycles. The molecule has 2 aromatic carbocycles. The third-order valence-electron chi connectivity index (χ3n) is 5.97. The number of hydrogen-bond acceptors (Lipinski definition) is 5. The van der Waals surface area contributed by atoms with Crippen molar-refractivity contribution in [3.8, 4) is 23.0 Å². The second-order valence-corrected chi connectivity index (χ2v) is 7.29. The molecule has 0 saturated carbocycles. The van der Waals surface area contributed by atoms with Crippen molar-refractivity contribution in [1.29, 1.82) is 0 Å². The highest BCUT2D eigenvalue weighted by atomic mass is 16.5. The van der Waals surface area contributed by atoms with Crippen LogP contribution in [0.1, 0.15) is 35.2 Å². The summed E-state index contributed by atoms with van der Waals surface area (Å²) < 4.78 is 22.3. The molecule has 0 saturated heterocycles. The van der Waals surface area contributed by atoms with E-state index in [9.17, 15) is 0 Å². The van der Waals surface area contributed by atoms with Crippen molar-refractivity contribution >= 4 is 0 Å². The monoisotopic (exact) mass is 369 g/mol. The van der Waals surface area contributed by atoms with Crippen molar-refractivity contribution in [2.24, 2.45) is 0 Å². The Kier molecular flexibility index (Phi) is 4.64. The second kappa shape index (κ2) is 6.97. The van der Waals surface area contributed by atoms with E-state index in [1.54, 1.807) is 28.4 Å². The molecule has 5 heteroatoms. The van der Waals surface area contributed by atoms with E-state index in [0.29, 0.717) is 17.8 Å². The van der Waals surface area contributed by atoms with E-state index in [0.717, 1.165) is 36.6 Å². The summed E-state index contributed by atoms with van der Waals surface area (Å²) in [6.07, 6.45) is 1.95. The Morgan fingerprint density at radius 2 is 1.63 bits per heavy atom. The molecule has 2 aliphatic rings. The minimum absolute atomic E-state index is 0.352. The first-order valence-electron chi connectivity index (χ1n) is 9.34. The predicted octanol–water partition coefficient (Wildman–Crippen LogP) is 3.77. The fraction of sp³-hybridized carbons (Fsp3) is 0.455. The summed E-state index contributed by atoms with van der Waals surface area (Å²) in [5.74, 6) is 3.11. The minimum Gasteiger partial charge on any atom is -0.497 e. The fourth-order valence-electron chi connectivity index (χ4n) is 4.64. The van der Waals surface area contributed by atoms with Crippen molar-refractivity contribution in [1.82, 2.24) is 4.90 Å². The lowest BCUT2D eigenvalue weighted by atomic mass is 9.81. The van der Waals surface area contributed by atoms with E-state index in [1.165, 1.54) is 22.3 Å². The predicted molar refractivity (Wildman–Crippen MR) is 104 cm³/mol. The Labute approximate surface area is 160 Å². The first-order chi connectivity index (χ1) is 13.1. The van der Waals surface area contributed by atoms with Crippen LogP contribution in [0.25, 0.3) is 0 Å². The fourth-order valence-corrected chi connectivity index (χ4v) is 4.64. The molecule has 0 aliphatic carbocycles. The summed E-state index contributed by atoms with van der Waals surface area (Å²) in [4.78, 5) is 2.57. The standard InChI is InChI=1S/C22H27NO4/c1-13-8-14-9-16(24-2)6-7-17(14)19-10-15-11-20(25-3)22(27-5)21(26-4)18(15)12-23(13)19/h6-7,9,11,13,19H,8,10,12H2,1-5H3/t13-,19?/m1/s1. The third-order valence-corrected chi connectivity index (χ3v) is 5.97. The molecule has 0 fully saturated rings. The smallest absolute Gasteiger partial charge is 0.203 e. The van der Waals surface area contributed by atoms with Gasteiger partial charge in [-0.2, -0.15) is 0 Å². The van der Waals surface area contributed by atoms with E-state index in [4.69, 9.17) is 18.9 Å². The molecule has 2 heterocycles. The van der Waals surface area contributed by atoms with Gasteiger partial charge >= 0.3 is 0 Å². The molecule has 2 atom stereocenters. The van der Waals surface area contributed by atoms with E-state index in [2.05, 4.69) is 36.1 Å². The van der Waals surface area contributed by atoms with Gasteiger partial charge in [-0.05, 0) is 54.7 Å². The van der Waals surface area contributed by atoms with Gasteiger partial charge in [-0.15, -0.1) is 0 Å². The highest BCUT2D eigenvalue weighted by molar-refractivity contribution is 5.60. The SMILES string of the molecule is COc1ccc2c(c1)C[C@@H](C)N1Cc3c(cc(OC)c(OC)c3OC)CC21. The summed E-state index contributed by atoms with van der Waals surface area (Å²) in [7, 11) is 6.75. The first-order valence-corrected chi connectivity index (χ1v) is 9.34. The van der Waals surface area contributed by atoms with Crippen LogP contribution in [0.3, 0.4) is 0 Å². The van der Waals surface area contributed by atoms with Gasteiger partial charge in [0.15, 0.2) is 11.5 Å². The lowest BCUT2D eigenvalue weighted by molar-refractivity contribution is 0.104. The van der Waals surface area contributed by atoms with Crippen LogP contribution in [0, 0.1) is 0 Å². The highest BCUT2D eigenvalue weighted by Gasteiger charge is 2.38. The van der Waals surface area contributed by atoms with Crippen LogP contribution in [0.15, 0.2) is 24.3 Å². The number of fused-ring (bicyclic) bond motifs is 4. The molecular formula is C22H27NO4. The van der Waals surface area contributed by atoms with Crippen LogP contribution in [-0.2, 0) is 19.4 Å². The van der Waals surface area contributed by atoms with Gasteiger partial charge < -0.3 is 18.9 Å². The Morgan fingerprint density at radius 3 is 2.30 bits per heavy atom. The van der Waals surface area contributed by atoms with Gasteiger partial charge in [0.2, 0.25) is 5.75 Å². The van der Waals surface area contributed by atoms with Gasteiger partial charge in [0, 0.05) is 24.2 Å². The summed E-state index contributed by atoms with van der Waals surface area (Å²) >= 11 is 0. The number of hydrogen-bond donors (Lipinski definition) is 0. The summed E-state index contributed by atoms with van der Waals surface area (Å²) in [5.41, 5.74) is 5.25. The van der Waals surface area contributed by atoms with Crippen LogP contribution in [0.2, 0.25) is 0 Å². The molecule has 144 valence electrons. The van der Waals surface area contributed by atoms with Crippen LogP contribution in [0.5, 0.6) is 23.0 Å². The molecule has 2 aromatic rings.